The molecule has 0 amide bonds. The van der Waals surface area contributed by atoms with Gasteiger partial charge in [0.05, 0.1) is 5.51 Å². The average Bonchev–Trinajstić information content (AvgIpc) is 2.86. The first-order valence-electron chi connectivity index (χ1n) is 5.77. The normalized spacial score (nSPS) is 12.6. The highest BCUT2D eigenvalue weighted by Gasteiger charge is 2.17. The van der Waals surface area contributed by atoms with Gasteiger partial charge in [-0.3, -0.25) is 4.98 Å². The molecule has 2 rings (SSSR count). The molecule has 0 radical (unpaired) electrons. The number of likely N-dealkylation sites (N-methyl/N-ethyl adjacent to an activating group) is 1. The molecule has 1 aromatic heterocycles. The van der Waals surface area contributed by atoms with Crippen LogP contribution in [0.25, 0.3) is 0 Å². The van der Waals surface area contributed by atoms with Crippen molar-refractivity contribution in [2.45, 2.75) is 19.4 Å². The van der Waals surface area contributed by atoms with Crippen LogP contribution in [0.5, 0.6) is 0 Å². The summed E-state index contributed by atoms with van der Waals surface area (Å²) in [6.07, 6.45) is 2.02. The van der Waals surface area contributed by atoms with Gasteiger partial charge in [-0.05, 0) is 25.1 Å². The summed E-state index contributed by atoms with van der Waals surface area (Å²) >= 11 is 1.48. The van der Waals surface area contributed by atoms with Gasteiger partial charge in [-0.25, -0.2) is 8.78 Å². The first kappa shape index (κ1) is 13.1. The molecule has 0 spiro atoms. The highest BCUT2D eigenvalue weighted by atomic mass is 32.1. The topological polar surface area (TPSA) is 24.9 Å². The summed E-state index contributed by atoms with van der Waals surface area (Å²) in [4.78, 5) is 4.99. The van der Waals surface area contributed by atoms with E-state index in [0.29, 0.717) is 0 Å². The molecule has 96 valence electrons. The van der Waals surface area contributed by atoms with Gasteiger partial charge in [-0.1, -0.05) is 13.0 Å². The molecule has 1 unspecified atom stereocenters. The molecule has 0 saturated heterocycles. The van der Waals surface area contributed by atoms with Crippen LogP contribution in [0.3, 0.4) is 0 Å². The minimum Gasteiger partial charge on any atom is -0.309 e. The van der Waals surface area contributed by atoms with E-state index in [0.717, 1.165) is 11.4 Å². The summed E-state index contributed by atoms with van der Waals surface area (Å²) in [7, 11) is 0. The van der Waals surface area contributed by atoms with Gasteiger partial charge in [-0.15, -0.1) is 11.3 Å². The zero-order chi connectivity index (χ0) is 13.0. The van der Waals surface area contributed by atoms with E-state index in [4.69, 9.17) is 0 Å². The van der Waals surface area contributed by atoms with Crippen LogP contribution in [0, 0.1) is 11.6 Å². The predicted octanol–water partition coefficient (Wildman–Crippen LogP) is 3.31. The van der Waals surface area contributed by atoms with Crippen LogP contribution in [-0.2, 0) is 6.42 Å². The molecule has 2 aromatic rings. The summed E-state index contributed by atoms with van der Waals surface area (Å²) in [5.74, 6) is -0.996. The van der Waals surface area contributed by atoms with Crippen LogP contribution in [0.2, 0.25) is 0 Å². The van der Waals surface area contributed by atoms with E-state index in [2.05, 4.69) is 10.3 Å². The molecule has 0 fully saturated rings. The molecule has 5 heteroatoms. The Kier molecular flexibility index (Phi) is 4.38. The zero-order valence-electron chi connectivity index (χ0n) is 9.99. The molecule has 18 heavy (non-hydrogen) atoms. The van der Waals surface area contributed by atoms with Crippen LogP contribution in [0.1, 0.15) is 23.4 Å². The third-order valence-corrected chi connectivity index (χ3v) is 3.60. The van der Waals surface area contributed by atoms with Crippen molar-refractivity contribution in [1.29, 1.82) is 0 Å². The third kappa shape index (κ3) is 2.91. The molecule has 1 atom stereocenters. The molecule has 1 heterocycles. The number of hydrogen-bond donors (Lipinski definition) is 1. The largest absolute Gasteiger partial charge is 0.309 e. The Bertz CT molecular complexity index is 479. The van der Waals surface area contributed by atoms with Crippen LogP contribution in [-0.4, -0.2) is 11.5 Å². The van der Waals surface area contributed by atoms with Crippen molar-refractivity contribution in [3.05, 3.63) is 52.0 Å². The van der Waals surface area contributed by atoms with Crippen LogP contribution in [0.15, 0.2) is 29.9 Å². The minimum atomic E-state index is -0.498. The fourth-order valence-electron chi connectivity index (χ4n) is 1.85. The average molecular weight is 268 g/mol. The lowest BCUT2D eigenvalue weighted by Crippen LogP contribution is -2.23. The van der Waals surface area contributed by atoms with E-state index in [9.17, 15) is 8.78 Å². The van der Waals surface area contributed by atoms with Gasteiger partial charge in [0.1, 0.15) is 11.6 Å². The molecule has 2 nitrogen and oxygen atoms in total. The monoisotopic (exact) mass is 268 g/mol. The number of hydrogen-bond acceptors (Lipinski definition) is 3. The second kappa shape index (κ2) is 6.02. The van der Waals surface area contributed by atoms with Gasteiger partial charge >= 0.3 is 0 Å². The van der Waals surface area contributed by atoms with Crippen molar-refractivity contribution in [2.24, 2.45) is 0 Å². The second-order valence-corrected chi connectivity index (χ2v) is 4.84. The van der Waals surface area contributed by atoms with Gasteiger partial charge in [0, 0.05) is 22.7 Å². The van der Waals surface area contributed by atoms with Crippen LogP contribution in [0.4, 0.5) is 8.78 Å². The number of aromatic nitrogens is 1. The van der Waals surface area contributed by atoms with Gasteiger partial charge in [0.15, 0.2) is 0 Å². The fraction of sp³-hybridized carbons (Fsp3) is 0.308. The molecular formula is C13H14F2N2S. The van der Waals surface area contributed by atoms with E-state index in [-0.39, 0.29) is 18.0 Å². The smallest absolute Gasteiger partial charge is 0.129 e. The Morgan fingerprint density at radius 1 is 1.33 bits per heavy atom. The highest BCUT2D eigenvalue weighted by Crippen LogP contribution is 2.24. The molecule has 1 aromatic carbocycles. The first-order valence-corrected chi connectivity index (χ1v) is 6.65. The highest BCUT2D eigenvalue weighted by molar-refractivity contribution is 7.09. The van der Waals surface area contributed by atoms with E-state index in [1.165, 1.54) is 29.5 Å². The molecule has 1 N–H and O–H groups in total. The van der Waals surface area contributed by atoms with Crippen molar-refractivity contribution >= 4 is 11.3 Å². The number of nitrogens with zero attached hydrogens (tertiary/aromatic N) is 1. The van der Waals surface area contributed by atoms with Gasteiger partial charge in [-0.2, -0.15) is 0 Å². The lowest BCUT2D eigenvalue weighted by atomic mass is 10.0. The zero-order valence-corrected chi connectivity index (χ0v) is 10.8. The van der Waals surface area contributed by atoms with Crippen molar-refractivity contribution in [3.63, 3.8) is 0 Å². The van der Waals surface area contributed by atoms with Crippen molar-refractivity contribution < 1.29 is 8.78 Å². The van der Waals surface area contributed by atoms with Crippen LogP contribution >= 0.6 is 11.3 Å². The minimum absolute atomic E-state index is 0.103. The van der Waals surface area contributed by atoms with Gasteiger partial charge in [0.2, 0.25) is 0 Å². The molecule has 0 aliphatic rings. The quantitative estimate of drug-likeness (QED) is 0.900. The van der Waals surface area contributed by atoms with Gasteiger partial charge < -0.3 is 5.32 Å². The van der Waals surface area contributed by atoms with E-state index < -0.39 is 11.6 Å². The Hall–Kier alpha value is -1.33. The van der Waals surface area contributed by atoms with Crippen molar-refractivity contribution in [1.82, 2.24) is 10.3 Å². The van der Waals surface area contributed by atoms with E-state index >= 15 is 0 Å². The maximum atomic E-state index is 13.6. The molecule has 0 aliphatic carbocycles. The lowest BCUT2D eigenvalue weighted by molar-refractivity contribution is 0.503. The van der Waals surface area contributed by atoms with E-state index in [1.54, 1.807) is 11.7 Å². The van der Waals surface area contributed by atoms with Gasteiger partial charge in [0.25, 0.3) is 0 Å². The lowest BCUT2D eigenvalue weighted by Gasteiger charge is -2.16. The predicted molar refractivity (Wildman–Crippen MR) is 68.6 cm³/mol. The van der Waals surface area contributed by atoms with Crippen molar-refractivity contribution in [3.8, 4) is 0 Å². The summed E-state index contributed by atoms with van der Waals surface area (Å²) in [6.45, 7) is 2.70. The summed E-state index contributed by atoms with van der Waals surface area (Å²) in [5, 5.41) is 3.23. The van der Waals surface area contributed by atoms with Crippen LogP contribution < -0.4 is 5.32 Å². The standard InChI is InChI=1S/C13H14F2N2S/c1-2-17-12(13-7-16-8-18-13)6-9-10(14)4-3-5-11(9)15/h3-5,7-8,12,17H,2,6H2,1H3. The number of halogens is 2. The summed E-state index contributed by atoms with van der Waals surface area (Å²) in [6, 6.07) is 3.85. The fourth-order valence-corrected chi connectivity index (χ4v) is 2.55. The Balaban J connectivity index is 2.24. The SMILES string of the molecule is CCNC(Cc1c(F)cccc1F)c1cncs1. The Morgan fingerprint density at radius 3 is 2.61 bits per heavy atom. The number of nitrogens with one attached hydrogen (secondary N) is 1. The molecule has 0 saturated carbocycles. The Labute approximate surface area is 109 Å². The molecule has 0 bridgehead atoms. The Morgan fingerprint density at radius 2 is 2.06 bits per heavy atom. The van der Waals surface area contributed by atoms with Crippen molar-refractivity contribution in [2.75, 3.05) is 6.54 Å². The van der Waals surface area contributed by atoms with E-state index in [1.807, 2.05) is 6.92 Å². The number of benzene rings is 1. The summed E-state index contributed by atoms with van der Waals surface area (Å²) < 4.78 is 27.2. The molecular weight excluding hydrogens is 254 g/mol. The first-order chi connectivity index (χ1) is 8.72. The number of thiazole rings is 1. The molecule has 0 aliphatic heterocycles. The maximum Gasteiger partial charge on any atom is 0.129 e. The maximum absolute atomic E-state index is 13.6. The third-order valence-electron chi connectivity index (χ3n) is 2.72. The second-order valence-electron chi connectivity index (χ2n) is 3.92. The summed E-state index contributed by atoms with van der Waals surface area (Å²) in [5.41, 5.74) is 1.84. The number of rotatable bonds is 5.